The van der Waals surface area contributed by atoms with E-state index in [4.69, 9.17) is 5.73 Å². The molecule has 0 unspecified atom stereocenters. The summed E-state index contributed by atoms with van der Waals surface area (Å²) in [6.07, 6.45) is 0.482. The maximum Gasteiger partial charge on any atom is 0.126 e. The van der Waals surface area contributed by atoms with Gasteiger partial charge in [0.2, 0.25) is 0 Å². The predicted octanol–water partition coefficient (Wildman–Crippen LogP) is 2.18. The van der Waals surface area contributed by atoms with Crippen molar-refractivity contribution in [1.82, 2.24) is 4.90 Å². The highest BCUT2D eigenvalue weighted by atomic mass is 19.1. The first-order chi connectivity index (χ1) is 7.78. The second kappa shape index (κ2) is 5.56. The van der Waals surface area contributed by atoms with E-state index in [9.17, 15) is 8.78 Å². The molecule has 0 atom stereocenters. The highest BCUT2D eigenvalue weighted by Crippen LogP contribution is 2.11. The van der Waals surface area contributed by atoms with E-state index in [1.165, 1.54) is 6.07 Å². The van der Waals surface area contributed by atoms with Gasteiger partial charge >= 0.3 is 0 Å². The van der Waals surface area contributed by atoms with Crippen molar-refractivity contribution in [2.45, 2.75) is 25.8 Å². The van der Waals surface area contributed by atoms with E-state index in [1.54, 1.807) is 0 Å². The van der Waals surface area contributed by atoms with Gasteiger partial charge in [-0.05, 0) is 51.1 Å². The van der Waals surface area contributed by atoms with Gasteiger partial charge in [-0.15, -0.1) is 0 Å². The van der Waals surface area contributed by atoms with Crippen LogP contribution in [0.4, 0.5) is 8.78 Å². The Balaban J connectivity index is 2.53. The molecule has 4 heteroatoms. The van der Waals surface area contributed by atoms with Crippen molar-refractivity contribution in [2.75, 3.05) is 20.1 Å². The lowest BCUT2D eigenvalue weighted by Gasteiger charge is -2.26. The van der Waals surface area contributed by atoms with Crippen molar-refractivity contribution in [3.8, 4) is 0 Å². The predicted molar refractivity (Wildman–Crippen MR) is 65.8 cm³/mol. The smallest absolute Gasteiger partial charge is 0.126 e. The fourth-order valence-electron chi connectivity index (χ4n) is 1.82. The van der Waals surface area contributed by atoms with Gasteiger partial charge in [0.05, 0.1) is 0 Å². The highest BCUT2D eigenvalue weighted by molar-refractivity contribution is 5.19. The van der Waals surface area contributed by atoms with Gasteiger partial charge < -0.3 is 10.6 Å². The zero-order valence-corrected chi connectivity index (χ0v) is 10.6. The molecule has 0 fully saturated rings. The summed E-state index contributed by atoms with van der Waals surface area (Å²) in [4.78, 5) is 2.02. The van der Waals surface area contributed by atoms with E-state index in [1.807, 2.05) is 25.8 Å². The lowest BCUT2D eigenvalue weighted by atomic mass is 10.1. The molecule has 96 valence electrons. The Bertz CT molecular complexity index is 372. The van der Waals surface area contributed by atoms with Crippen molar-refractivity contribution in [3.63, 3.8) is 0 Å². The van der Waals surface area contributed by atoms with Crippen LogP contribution in [0.25, 0.3) is 0 Å². The lowest BCUT2D eigenvalue weighted by Crippen LogP contribution is -2.44. The molecule has 1 aromatic rings. The zero-order chi connectivity index (χ0) is 13.1. The molecule has 0 bridgehead atoms. The summed E-state index contributed by atoms with van der Waals surface area (Å²) in [6.45, 7) is 5.24. The summed E-state index contributed by atoms with van der Waals surface area (Å²) >= 11 is 0. The molecule has 0 aliphatic carbocycles. The van der Waals surface area contributed by atoms with E-state index < -0.39 is 5.82 Å². The van der Waals surface area contributed by atoms with Gasteiger partial charge in [0, 0.05) is 18.6 Å². The average molecular weight is 242 g/mol. The molecule has 17 heavy (non-hydrogen) atoms. The Morgan fingerprint density at radius 1 is 1.29 bits per heavy atom. The monoisotopic (exact) mass is 242 g/mol. The lowest BCUT2D eigenvalue weighted by molar-refractivity contribution is 0.272. The van der Waals surface area contributed by atoms with Gasteiger partial charge in [0.25, 0.3) is 0 Å². The van der Waals surface area contributed by atoms with Gasteiger partial charge in [0.15, 0.2) is 0 Å². The van der Waals surface area contributed by atoms with Gasteiger partial charge in [0.1, 0.15) is 11.6 Å². The number of rotatable bonds is 5. The fraction of sp³-hybridized carbons (Fsp3) is 0.538. The van der Waals surface area contributed by atoms with Crippen LogP contribution in [-0.4, -0.2) is 30.6 Å². The number of halogens is 2. The van der Waals surface area contributed by atoms with Crippen molar-refractivity contribution >= 4 is 0 Å². The molecule has 0 aromatic heterocycles. The molecule has 0 heterocycles. The Morgan fingerprint density at radius 3 is 2.53 bits per heavy atom. The second-order valence-electron chi connectivity index (χ2n) is 5.21. The first-order valence-electron chi connectivity index (χ1n) is 5.69. The SMILES string of the molecule is CN(CCc1cc(F)ccc1F)CC(C)(C)N. The van der Waals surface area contributed by atoms with Crippen molar-refractivity contribution in [1.29, 1.82) is 0 Å². The normalized spacial score (nSPS) is 12.2. The topological polar surface area (TPSA) is 29.3 Å². The molecule has 2 nitrogen and oxygen atoms in total. The summed E-state index contributed by atoms with van der Waals surface area (Å²) < 4.78 is 26.3. The van der Waals surface area contributed by atoms with Crippen LogP contribution < -0.4 is 5.73 Å². The quantitative estimate of drug-likeness (QED) is 0.857. The molecule has 1 aromatic carbocycles. The van der Waals surface area contributed by atoms with Crippen LogP contribution in [0.2, 0.25) is 0 Å². The minimum atomic E-state index is -0.400. The highest BCUT2D eigenvalue weighted by Gasteiger charge is 2.14. The maximum absolute atomic E-state index is 13.3. The third-order valence-electron chi connectivity index (χ3n) is 2.45. The van der Waals surface area contributed by atoms with Crippen LogP contribution in [0.15, 0.2) is 18.2 Å². The molecular weight excluding hydrogens is 222 g/mol. The number of likely N-dealkylation sites (N-methyl/N-ethyl adjacent to an activating group) is 1. The van der Waals surface area contributed by atoms with Crippen molar-refractivity contribution in [2.24, 2.45) is 5.73 Å². The molecule has 1 rings (SSSR count). The number of hydrogen-bond acceptors (Lipinski definition) is 2. The van der Waals surface area contributed by atoms with Crippen LogP contribution in [0, 0.1) is 11.6 Å². The summed E-state index contributed by atoms with van der Waals surface area (Å²) in [6, 6.07) is 3.54. The third kappa shape index (κ3) is 5.24. The molecular formula is C13H20F2N2. The van der Waals surface area contributed by atoms with Gasteiger partial charge in [-0.25, -0.2) is 8.78 Å². The van der Waals surface area contributed by atoms with Crippen LogP contribution in [0.5, 0.6) is 0 Å². The van der Waals surface area contributed by atoms with E-state index in [-0.39, 0.29) is 11.4 Å². The number of hydrogen-bond donors (Lipinski definition) is 1. The molecule has 0 radical (unpaired) electrons. The largest absolute Gasteiger partial charge is 0.324 e. The van der Waals surface area contributed by atoms with Crippen LogP contribution in [0.1, 0.15) is 19.4 Å². The molecule has 2 N–H and O–H groups in total. The number of nitrogens with zero attached hydrogens (tertiary/aromatic N) is 1. The summed E-state index contributed by atoms with van der Waals surface area (Å²) in [7, 11) is 1.92. The maximum atomic E-state index is 13.3. The van der Waals surface area contributed by atoms with Crippen molar-refractivity contribution in [3.05, 3.63) is 35.4 Å². The first kappa shape index (κ1) is 14.1. The summed E-state index contributed by atoms with van der Waals surface area (Å²) in [5.74, 6) is -0.755. The minimum Gasteiger partial charge on any atom is -0.324 e. The molecule has 0 spiro atoms. The number of benzene rings is 1. The molecule has 0 saturated heterocycles. The van der Waals surface area contributed by atoms with E-state index in [0.717, 1.165) is 12.1 Å². The summed E-state index contributed by atoms with van der Waals surface area (Å²) in [5.41, 5.74) is 6.01. The van der Waals surface area contributed by atoms with Crippen LogP contribution in [-0.2, 0) is 6.42 Å². The first-order valence-corrected chi connectivity index (χ1v) is 5.69. The third-order valence-corrected chi connectivity index (χ3v) is 2.45. The van der Waals surface area contributed by atoms with Gasteiger partial charge in [-0.2, -0.15) is 0 Å². The Morgan fingerprint density at radius 2 is 1.94 bits per heavy atom. The van der Waals surface area contributed by atoms with E-state index in [2.05, 4.69) is 0 Å². The van der Waals surface area contributed by atoms with Gasteiger partial charge in [-0.1, -0.05) is 0 Å². The van der Waals surface area contributed by atoms with E-state index >= 15 is 0 Å². The summed E-state index contributed by atoms with van der Waals surface area (Å²) in [5, 5.41) is 0. The molecule has 0 amide bonds. The molecule has 0 aliphatic heterocycles. The molecule has 0 saturated carbocycles. The van der Waals surface area contributed by atoms with Crippen LogP contribution in [0.3, 0.4) is 0 Å². The fourth-order valence-corrected chi connectivity index (χ4v) is 1.82. The number of nitrogens with two attached hydrogens (primary N) is 1. The zero-order valence-electron chi connectivity index (χ0n) is 10.6. The Labute approximate surface area is 101 Å². The second-order valence-corrected chi connectivity index (χ2v) is 5.21. The Hall–Kier alpha value is -1.00. The van der Waals surface area contributed by atoms with Gasteiger partial charge in [-0.3, -0.25) is 0 Å². The minimum absolute atomic E-state index is 0.283. The van der Waals surface area contributed by atoms with Crippen molar-refractivity contribution < 1.29 is 8.78 Å². The Kier molecular flexibility index (Phi) is 4.60. The standard InChI is InChI=1S/C13H20F2N2/c1-13(2,16)9-17(3)7-6-10-8-11(14)4-5-12(10)15/h4-5,8H,6-7,9,16H2,1-3H3. The van der Waals surface area contributed by atoms with Crippen LogP contribution >= 0.6 is 0 Å². The average Bonchev–Trinajstić information content (AvgIpc) is 2.17. The molecule has 0 aliphatic rings. The van der Waals surface area contributed by atoms with E-state index in [0.29, 0.717) is 25.1 Å².